The van der Waals surface area contributed by atoms with Gasteiger partial charge in [-0.05, 0) is 50.2 Å². The summed E-state index contributed by atoms with van der Waals surface area (Å²) in [5.74, 6) is 0.396. The summed E-state index contributed by atoms with van der Waals surface area (Å²) in [5.41, 5.74) is -0.0117. The monoisotopic (exact) mass is 372 g/mol. The number of rotatable bonds is 4. The van der Waals surface area contributed by atoms with Gasteiger partial charge >= 0.3 is 6.18 Å². The van der Waals surface area contributed by atoms with Crippen molar-refractivity contribution in [3.8, 4) is 17.5 Å². The molecule has 0 saturated carbocycles. The summed E-state index contributed by atoms with van der Waals surface area (Å²) in [6.45, 7) is 3.33. The van der Waals surface area contributed by atoms with Crippen LogP contribution in [0.25, 0.3) is 11.5 Å². The van der Waals surface area contributed by atoms with E-state index in [1.165, 1.54) is 12.1 Å². The summed E-state index contributed by atoms with van der Waals surface area (Å²) in [6.07, 6.45) is -4.38. The summed E-state index contributed by atoms with van der Waals surface area (Å²) < 4.78 is 43.7. The zero-order valence-electron chi connectivity index (χ0n) is 14.5. The average Bonchev–Trinajstić information content (AvgIpc) is 3.13. The molecule has 0 fully saturated rings. The van der Waals surface area contributed by atoms with Crippen LogP contribution >= 0.6 is 0 Å². The van der Waals surface area contributed by atoms with Crippen molar-refractivity contribution in [1.29, 1.82) is 5.26 Å². The van der Waals surface area contributed by atoms with Gasteiger partial charge in [0, 0.05) is 5.69 Å². The van der Waals surface area contributed by atoms with E-state index in [2.05, 4.69) is 21.6 Å². The Morgan fingerprint density at radius 1 is 1.00 bits per heavy atom. The SMILES string of the molecule is CC(C)(C#N)c1nnc(-c2ccccc2Nc2ccc(C(F)(F)F)cc2)o1. The summed E-state index contributed by atoms with van der Waals surface area (Å²) >= 11 is 0. The molecule has 138 valence electrons. The van der Waals surface area contributed by atoms with Crippen molar-refractivity contribution in [2.24, 2.45) is 0 Å². The number of nitrogens with zero attached hydrogens (tertiary/aromatic N) is 3. The zero-order valence-corrected chi connectivity index (χ0v) is 14.5. The molecule has 2 aromatic carbocycles. The lowest BCUT2D eigenvalue weighted by Crippen LogP contribution is -2.14. The predicted octanol–water partition coefficient (Wildman–Crippen LogP) is 5.30. The number of nitrogens with one attached hydrogen (secondary N) is 1. The fraction of sp³-hybridized carbons (Fsp3) is 0.211. The van der Waals surface area contributed by atoms with Gasteiger partial charge in [-0.2, -0.15) is 18.4 Å². The molecule has 0 aliphatic rings. The molecule has 0 amide bonds. The standard InChI is InChI=1S/C19H15F3N4O/c1-18(2,11-23)17-26-25-16(27-17)14-5-3-4-6-15(14)24-13-9-7-12(8-10-13)19(20,21)22/h3-10,24H,1-2H3. The molecule has 0 bridgehead atoms. The molecule has 0 saturated heterocycles. The van der Waals surface area contributed by atoms with E-state index in [4.69, 9.17) is 4.42 Å². The molecule has 3 rings (SSSR count). The lowest BCUT2D eigenvalue weighted by Gasteiger charge is -2.12. The molecule has 0 aliphatic heterocycles. The Kier molecular flexibility index (Phi) is 4.62. The van der Waals surface area contributed by atoms with Crippen LogP contribution in [0.4, 0.5) is 24.5 Å². The molecule has 3 aromatic rings. The number of anilines is 2. The Hall–Kier alpha value is -3.34. The van der Waals surface area contributed by atoms with Crippen LogP contribution < -0.4 is 5.32 Å². The topological polar surface area (TPSA) is 74.7 Å². The second-order valence-electron chi connectivity index (χ2n) is 6.39. The molecule has 8 heteroatoms. The van der Waals surface area contributed by atoms with E-state index in [9.17, 15) is 18.4 Å². The highest BCUT2D eigenvalue weighted by molar-refractivity contribution is 5.76. The van der Waals surface area contributed by atoms with Crippen molar-refractivity contribution in [3.63, 3.8) is 0 Å². The van der Waals surface area contributed by atoms with Crippen molar-refractivity contribution in [2.75, 3.05) is 5.32 Å². The molecule has 0 unspecified atom stereocenters. The highest BCUT2D eigenvalue weighted by atomic mass is 19.4. The maximum absolute atomic E-state index is 12.7. The fourth-order valence-corrected chi connectivity index (χ4v) is 2.31. The third-order valence-corrected chi connectivity index (χ3v) is 3.89. The van der Waals surface area contributed by atoms with Gasteiger partial charge in [-0.25, -0.2) is 0 Å². The molecular weight excluding hydrogens is 357 g/mol. The van der Waals surface area contributed by atoms with Gasteiger partial charge in [0.15, 0.2) is 0 Å². The van der Waals surface area contributed by atoms with Crippen LogP contribution in [0.15, 0.2) is 52.9 Å². The van der Waals surface area contributed by atoms with Crippen LogP contribution in [-0.2, 0) is 11.6 Å². The highest BCUT2D eigenvalue weighted by Crippen LogP contribution is 2.33. The summed E-state index contributed by atoms with van der Waals surface area (Å²) in [6, 6.07) is 13.8. The van der Waals surface area contributed by atoms with Crippen molar-refractivity contribution >= 4 is 11.4 Å². The van der Waals surface area contributed by atoms with Gasteiger partial charge in [0.1, 0.15) is 5.41 Å². The van der Waals surface area contributed by atoms with Crippen molar-refractivity contribution in [2.45, 2.75) is 25.4 Å². The maximum atomic E-state index is 12.7. The highest BCUT2D eigenvalue weighted by Gasteiger charge is 2.30. The number of benzene rings is 2. The van der Waals surface area contributed by atoms with Crippen LogP contribution in [-0.4, -0.2) is 10.2 Å². The average molecular weight is 372 g/mol. The van der Waals surface area contributed by atoms with Gasteiger partial charge in [0.2, 0.25) is 11.8 Å². The molecule has 0 atom stereocenters. The molecular formula is C19H15F3N4O. The van der Waals surface area contributed by atoms with Crippen molar-refractivity contribution in [1.82, 2.24) is 10.2 Å². The summed E-state index contributed by atoms with van der Waals surface area (Å²) in [7, 11) is 0. The molecule has 0 spiro atoms. The smallest absolute Gasteiger partial charge is 0.416 e. The Labute approximate surface area is 153 Å². The second-order valence-corrected chi connectivity index (χ2v) is 6.39. The van der Waals surface area contributed by atoms with Crippen molar-refractivity contribution < 1.29 is 17.6 Å². The largest absolute Gasteiger partial charge is 0.419 e. The van der Waals surface area contributed by atoms with Crippen LogP contribution in [0.1, 0.15) is 25.3 Å². The van der Waals surface area contributed by atoms with E-state index in [0.29, 0.717) is 16.9 Å². The third-order valence-electron chi connectivity index (χ3n) is 3.89. The Balaban J connectivity index is 1.90. The predicted molar refractivity (Wildman–Crippen MR) is 93.1 cm³/mol. The number of para-hydroxylation sites is 1. The number of alkyl halides is 3. The van der Waals surface area contributed by atoms with Gasteiger partial charge in [0.05, 0.1) is 22.9 Å². The van der Waals surface area contributed by atoms with Crippen LogP contribution in [0.3, 0.4) is 0 Å². The minimum absolute atomic E-state index is 0.185. The molecule has 1 heterocycles. The normalized spacial score (nSPS) is 11.9. The first-order valence-corrected chi connectivity index (χ1v) is 7.99. The van der Waals surface area contributed by atoms with E-state index in [1.54, 1.807) is 38.1 Å². The molecule has 1 N–H and O–H groups in total. The van der Waals surface area contributed by atoms with Gasteiger partial charge in [0.25, 0.3) is 0 Å². The number of nitriles is 1. The van der Waals surface area contributed by atoms with E-state index >= 15 is 0 Å². The van der Waals surface area contributed by atoms with Crippen molar-refractivity contribution in [3.05, 3.63) is 60.0 Å². The van der Waals surface area contributed by atoms with Crippen LogP contribution in [0.2, 0.25) is 0 Å². The Bertz CT molecular complexity index is 985. The lowest BCUT2D eigenvalue weighted by molar-refractivity contribution is -0.137. The Morgan fingerprint density at radius 3 is 2.30 bits per heavy atom. The van der Waals surface area contributed by atoms with E-state index in [0.717, 1.165) is 12.1 Å². The number of halogens is 3. The van der Waals surface area contributed by atoms with E-state index < -0.39 is 17.2 Å². The first-order valence-electron chi connectivity index (χ1n) is 7.99. The van der Waals surface area contributed by atoms with Crippen LogP contribution in [0, 0.1) is 11.3 Å². The first-order chi connectivity index (χ1) is 12.7. The minimum Gasteiger partial charge on any atom is -0.419 e. The van der Waals surface area contributed by atoms with E-state index in [-0.39, 0.29) is 11.8 Å². The van der Waals surface area contributed by atoms with E-state index in [1.807, 2.05) is 0 Å². The first kappa shape index (κ1) is 18.5. The van der Waals surface area contributed by atoms with Crippen LogP contribution in [0.5, 0.6) is 0 Å². The molecule has 0 radical (unpaired) electrons. The number of hydrogen-bond donors (Lipinski definition) is 1. The quantitative estimate of drug-likeness (QED) is 0.673. The summed E-state index contributed by atoms with van der Waals surface area (Å²) in [4.78, 5) is 0. The molecule has 5 nitrogen and oxygen atoms in total. The zero-order chi connectivity index (χ0) is 19.7. The molecule has 0 aliphatic carbocycles. The Morgan fingerprint density at radius 2 is 1.67 bits per heavy atom. The minimum atomic E-state index is -4.38. The number of aromatic nitrogens is 2. The molecule has 1 aromatic heterocycles. The van der Waals surface area contributed by atoms with Gasteiger partial charge in [-0.3, -0.25) is 0 Å². The summed E-state index contributed by atoms with van der Waals surface area (Å²) in [5, 5.41) is 20.2. The fourth-order valence-electron chi connectivity index (χ4n) is 2.31. The second kappa shape index (κ2) is 6.76. The van der Waals surface area contributed by atoms with Gasteiger partial charge in [-0.1, -0.05) is 12.1 Å². The number of hydrogen-bond acceptors (Lipinski definition) is 5. The lowest BCUT2D eigenvalue weighted by atomic mass is 9.96. The maximum Gasteiger partial charge on any atom is 0.416 e. The molecule has 27 heavy (non-hydrogen) atoms. The van der Waals surface area contributed by atoms with Gasteiger partial charge in [-0.15, -0.1) is 10.2 Å². The third kappa shape index (κ3) is 3.92. The van der Waals surface area contributed by atoms with Gasteiger partial charge < -0.3 is 9.73 Å².